The second-order valence-electron chi connectivity index (χ2n) is 4.99. The lowest BCUT2D eigenvalue weighted by atomic mass is 10.1. The third-order valence-electron chi connectivity index (χ3n) is 3.85. The molecule has 2 unspecified atom stereocenters. The zero-order valence-electron chi connectivity index (χ0n) is 9.73. The average molecular weight is 232 g/mol. The van der Waals surface area contributed by atoms with E-state index in [-0.39, 0.29) is 11.7 Å². The molecule has 1 saturated heterocycles. The van der Waals surface area contributed by atoms with Crippen LogP contribution in [0.3, 0.4) is 0 Å². The first kappa shape index (κ1) is 10.6. The van der Waals surface area contributed by atoms with Gasteiger partial charge in [-0.05, 0) is 42.5 Å². The number of nitrogens with one attached hydrogen (secondary N) is 2. The first-order valence-corrected chi connectivity index (χ1v) is 5.98. The molecule has 0 radical (unpaired) electrons. The van der Waals surface area contributed by atoms with E-state index in [4.69, 9.17) is 0 Å². The number of phenols is 1. The summed E-state index contributed by atoms with van der Waals surface area (Å²) in [5.41, 5.74) is 1.36. The van der Waals surface area contributed by atoms with Crippen molar-refractivity contribution < 1.29 is 9.90 Å². The van der Waals surface area contributed by atoms with Gasteiger partial charge in [0.25, 0.3) is 5.91 Å². The fourth-order valence-electron chi connectivity index (χ4n) is 2.66. The monoisotopic (exact) mass is 232 g/mol. The molecule has 4 nitrogen and oxygen atoms in total. The summed E-state index contributed by atoms with van der Waals surface area (Å²) in [6.45, 7) is 3.83. The SMILES string of the molecule is Cc1cc(C(=O)NC2C3CNCC32)ccc1O. The molecule has 0 aromatic heterocycles. The second kappa shape index (κ2) is 3.74. The lowest BCUT2D eigenvalue weighted by Gasteiger charge is -2.08. The van der Waals surface area contributed by atoms with Gasteiger partial charge in [0.1, 0.15) is 5.75 Å². The number of hydrogen-bond donors (Lipinski definition) is 3. The number of carbonyl (C=O) groups is 1. The number of amides is 1. The van der Waals surface area contributed by atoms with Gasteiger partial charge < -0.3 is 15.7 Å². The van der Waals surface area contributed by atoms with Crippen LogP contribution in [0.2, 0.25) is 0 Å². The number of fused-ring (bicyclic) bond motifs is 1. The number of rotatable bonds is 2. The molecule has 17 heavy (non-hydrogen) atoms. The van der Waals surface area contributed by atoms with Crippen molar-refractivity contribution >= 4 is 5.91 Å². The van der Waals surface area contributed by atoms with E-state index in [1.807, 2.05) is 0 Å². The third-order valence-corrected chi connectivity index (χ3v) is 3.85. The van der Waals surface area contributed by atoms with E-state index in [0.717, 1.165) is 18.7 Å². The zero-order chi connectivity index (χ0) is 12.0. The van der Waals surface area contributed by atoms with Gasteiger partial charge >= 0.3 is 0 Å². The lowest BCUT2D eigenvalue weighted by Crippen LogP contribution is -2.32. The number of piperidine rings is 1. The molecular weight excluding hydrogens is 216 g/mol. The summed E-state index contributed by atoms with van der Waals surface area (Å²) in [6, 6.07) is 5.30. The van der Waals surface area contributed by atoms with Gasteiger partial charge in [-0.25, -0.2) is 0 Å². The topological polar surface area (TPSA) is 61.4 Å². The summed E-state index contributed by atoms with van der Waals surface area (Å²) in [6.07, 6.45) is 0. The highest BCUT2D eigenvalue weighted by Gasteiger charge is 2.53. The summed E-state index contributed by atoms with van der Waals surface area (Å²) in [5.74, 6) is 1.44. The summed E-state index contributed by atoms with van der Waals surface area (Å²) in [7, 11) is 0. The maximum atomic E-state index is 12.0. The van der Waals surface area contributed by atoms with Gasteiger partial charge in [0.2, 0.25) is 0 Å². The molecule has 4 heteroatoms. The van der Waals surface area contributed by atoms with Crippen molar-refractivity contribution in [2.75, 3.05) is 13.1 Å². The van der Waals surface area contributed by atoms with Crippen molar-refractivity contribution in [1.82, 2.24) is 10.6 Å². The smallest absolute Gasteiger partial charge is 0.251 e. The van der Waals surface area contributed by atoms with E-state index >= 15 is 0 Å². The fourth-order valence-corrected chi connectivity index (χ4v) is 2.66. The molecule has 0 spiro atoms. The molecule has 1 aliphatic carbocycles. The number of carbonyl (C=O) groups excluding carboxylic acids is 1. The molecule has 1 heterocycles. The van der Waals surface area contributed by atoms with Crippen molar-refractivity contribution in [2.24, 2.45) is 11.8 Å². The Bertz CT molecular complexity index is 462. The van der Waals surface area contributed by atoms with Crippen molar-refractivity contribution in [3.8, 4) is 5.75 Å². The van der Waals surface area contributed by atoms with E-state index in [9.17, 15) is 9.90 Å². The van der Waals surface area contributed by atoms with Gasteiger partial charge in [-0.1, -0.05) is 0 Å². The molecule has 2 fully saturated rings. The van der Waals surface area contributed by atoms with Gasteiger partial charge in [0.15, 0.2) is 0 Å². The standard InChI is InChI=1S/C13H16N2O2/c1-7-4-8(2-3-11(7)16)13(17)15-12-9-5-14-6-10(9)12/h2-4,9-10,12,14,16H,5-6H2,1H3,(H,15,17). The van der Waals surface area contributed by atoms with Gasteiger partial charge in [-0.15, -0.1) is 0 Å². The Morgan fingerprint density at radius 2 is 2.12 bits per heavy atom. The molecule has 1 aromatic carbocycles. The van der Waals surface area contributed by atoms with E-state index in [1.165, 1.54) is 0 Å². The molecule has 0 bridgehead atoms. The highest BCUT2D eigenvalue weighted by Crippen LogP contribution is 2.41. The minimum absolute atomic E-state index is 0.0347. The van der Waals surface area contributed by atoms with E-state index in [0.29, 0.717) is 23.4 Å². The summed E-state index contributed by atoms with van der Waals surface area (Å²) in [4.78, 5) is 12.0. The fraction of sp³-hybridized carbons (Fsp3) is 0.462. The molecular formula is C13H16N2O2. The number of aryl methyl sites for hydroxylation is 1. The Balaban J connectivity index is 1.68. The molecule has 1 amide bonds. The first-order valence-electron chi connectivity index (χ1n) is 5.98. The molecule has 1 aromatic rings. The normalized spacial score (nSPS) is 29.8. The minimum Gasteiger partial charge on any atom is -0.508 e. The van der Waals surface area contributed by atoms with Crippen LogP contribution in [-0.2, 0) is 0 Å². The quantitative estimate of drug-likeness (QED) is 0.701. The third kappa shape index (κ3) is 1.78. The minimum atomic E-state index is -0.0347. The Hall–Kier alpha value is -1.55. The predicted molar refractivity (Wildman–Crippen MR) is 63.9 cm³/mol. The molecule has 1 aliphatic heterocycles. The highest BCUT2D eigenvalue weighted by molar-refractivity contribution is 5.95. The summed E-state index contributed by atoms with van der Waals surface area (Å²) < 4.78 is 0. The summed E-state index contributed by atoms with van der Waals surface area (Å²) >= 11 is 0. The maximum absolute atomic E-state index is 12.0. The van der Waals surface area contributed by atoms with Crippen LogP contribution >= 0.6 is 0 Å². The second-order valence-corrected chi connectivity index (χ2v) is 4.99. The Morgan fingerprint density at radius 3 is 2.76 bits per heavy atom. The van der Waals surface area contributed by atoms with Crippen molar-refractivity contribution in [1.29, 1.82) is 0 Å². The maximum Gasteiger partial charge on any atom is 0.251 e. The van der Waals surface area contributed by atoms with Crippen molar-refractivity contribution in [2.45, 2.75) is 13.0 Å². The van der Waals surface area contributed by atoms with Crippen LogP contribution in [0, 0.1) is 18.8 Å². The number of benzene rings is 1. The van der Waals surface area contributed by atoms with Crippen molar-refractivity contribution in [3.63, 3.8) is 0 Å². The molecule has 2 atom stereocenters. The molecule has 1 saturated carbocycles. The van der Waals surface area contributed by atoms with E-state index in [1.54, 1.807) is 25.1 Å². The molecule has 3 N–H and O–H groups in total. The van der Waals surface area contributed by atoms with Crippen LogP contribution in [-0.4, -0.2) is 30.1 Å². The predicted octanol–water partition coefficient (Wildman–Crippen LogP) is 0.648. The van der Waals surface area contributed by atoms with Gasteiger partial charge in [-0.3, -0.25) is 4.79 Å². The van der Waals surface area contributed by atoms with Crippen LogP contribution in [0.1, 0.15) is 15.9 Å². The lowest BCUT2D eigenvalue weighted by molar-refractivity contribution is 0.0946. The van der Waals surface area contributed by atoms with Gasteiger partial charge in [0, 0.05) is 24.7 Å². The van der Waals surface area contributed by atoms with Crippen LogP contribution in [0.5, 0.6) is 5.75 Å². The van der Waals surface area contributed by atoms with Crippen LogP contribution in [0.25, 0.3) is 0 Å². The Labute approximate surface area is 100 Å². The Kier molecular flexibility index (Phi) is 2.33. The summed E-state index contributed by atoms with van der Waals surface area (Å²) in [5, 5.41) is 15.8. The molecule has 2 aliphatic rings. The van der Waals surface area contributed by atoms with Crippen LogP contribution < -0.4 is 10.6 Å². The molecule has 3 rings (SSSR count). The molecule has 90 valence electrons. The van der Waals surface area contributed by atoms with Gasteiger partial charge in [-0.2, -0.15) is 0 Å². The number of phenolic OH excluding ortho intramolecular Hbond substituents is 1. The first-order chi connectivity index (χ1) is 8.16. The van der Waals surface area contributed by atoms with E-state index < -0.39 is 0 Å². The number of hydrogen-bond acceptors (Lipinski definition) is 3. The largest absolute Gasteiger partial charge is 0.508 e. The Morgan fingerprint density at radius 1 is 1.41 bits per heavy atom. The highest BCUT2D eigenvalue weighted by atomic mass is 16.3. The van der Waals surface area contributed by atoms with Crippen molar-refractivity contribution in [3.05, 3.63) is 29.3 Å². The van der Waals surface area contributed by atoms with E-state index in [2.05, 4.69) is 10.6 Å². The number of aromatic hydroxyl groups is 1. The van der Waals surface area contributed by atoms with Crippen LogP contribution in [0.15, 0.2) is 18.2 Å². The zero-order valence-corrected chi connectivity index (χ0v) is 9.73. The van der Waals surface area contributed by atoms with Gasteiger partial charge in [0.05, 0.1) is 0 Å². The average Bonchev–Trinajstić information content (AvgIpc) is 2.76. The van der Waals surface area contributed by atoms with Crippen LogP contribution in [0.4, 0.5) is 0 Å².